The monoisotopic (exact) mass is 273 g/mol. The number of hydrogen-bond donors (Lipinski definition) is 1. The first-order chi connectivity index (χ1) is 8.54. The molecule has 1 saturated heterocycles. The van der Waals surface area contributed by atoms with E-state index in [1.165, 1.54) is 6.20 Å². The van der Waals surface area contributed by atoms with Crippen LogP contribution in [-0.4, -0.2) is 37.5 Å². The molecule has 2 rings (SSSR count). The zero-order valence-electron chi connectivity index (χ0n) is 10.7. The van der Waals surface area contributed by atoms with Gasteiger partial charge in [-0.15, -0.1) is 0 Å². The predicted molar refractivity (Wildman–Crippen MR) is 66.8 cm³/mol. The molecule has 0 aromatic carbocycles. The largest absolute Gasteiger partial charge is 0.377 e. The molecule has 1 N–H and O–H groups in total. The molecule has 1 aromatic rings. The minimum atomic E-state index is -3.48. The molecule has 0 aliphatic carbocycles. The summed E-state index contributed by atoms with van der Waals surface area (Å²) in [5.74, 6) is 0. The highest BCUT2D eigenvalue weighted by molar-refractivity contribution is 7.89. The molecule has 18 heavy (non-hydrogen) atoms. The van der Waals surface area contributed by atoms with Gasteiger partial charge in [-0.3, -0.25) is 4.68 Å². The van der Waals surface area contributed by atoms with Gasteiger partial charge in [-0.25, -0.2) is 13.1 Å². The van der Waals surface area contributed by atoms with E-state index in [2.05, 4.69) is 9.82 Å². The maximum absolute atomic E-state index is 12.1. The van der Waals surface area contributed by atoms with Crippen molar-refractivity contribution in [2.45, 2.75) is 44.2 Å². The quantitative estimate of drug-likeness (QED) is 0.855. The van der Waals surface area contributed by atoms with E-state index in [9.17, 15) is 8.42 Å². The Bertz CT molecular complexity index is 504. The van der Waals surface area contributed by atoms with Crippen molar-refractivity contribution in [2.75, 3.05) is 13.2 Å². The molecule has 1 atom stereocenters. The molecule has 102 valence electrons. The van der Waals surface area contributed by atoms with Crippen LogP contribution >= 0.6 is 0 Å². The molecule has 2 heterocycles. The topological polar surface area (TPSA) is 73.2 Å². The van der Waals surface area contributed by atoms with Crippen LogP contribution in [0.1, 0.15) is 25.5 Å². The Balaban J connectivity index is 2.07. The highest BCUT2D eigenvalue weighted by atomic mass is 32.2. The lowest BCUT2D eigenvalue weighted by atomic mass is 10.2. The number of aromatic nitrogens is 2. The van der Waals surface area contributed by atoms with E-state index in [0.29, 0.717) is 18.8 Å². The van der Waals surface area contributed by atoms with Gasteiger partial charge in [0.25, 0.3) is 0 Å². The molecule has 1 fully saturated rings. The molecule has 0 amide bonds. The lowest BCUT2D eigenvalue weighted by Gasteiger charge is -2.11. The Morgan fingerprint density at radius 1 is 1.61 bits per heavy atom. The fourth-order valence-electron chi connectivity index (χ4n) is 2.10. The van der Waals surface area contributed by atoms with E-state index in [-0.39, 0.29) is 11.0 Å². The molecule has 1 aliphatic heterocycles. The van der Waals surface area contributed by atoms with Crippen molar-refractivity contribution in [1.82, 2.24) is 14.5 Å². The molecule has 6 nitrogen and oxygen atoms in total. The van der Waals surface area contributed by atoms with Gasteiger partial charge < -0.3 is 4.74 Å². The number of aryl methyl sites for hydroxylation is 1. The Kier molecular flexibility index (Phi) is 4.04. The highest BCUT2D eigenvalue weighted by Crippen LogP contribution is 2.15. The van der Waals surface area contributed by atoms with Crippen LogP contribution in [0, 0.1) is 6.92 Å². The third-order valence-electron chi connectivity index (χ3n) is 3.17. The summed E-state index contributed by atoms with van der Waals surface area (Å²) in [6, 6.07) is 0. The van der Waals surface area contributed by atoms with E-state index in [1.807, 2.05) is 6.92 Å². The molecule has 0 spiro atoms. The lowest BCUT2D eigenvalue weighted by Crippen LogP contribution is -2.32. The van der Waals surface area contributed by atoms with Crippen LogP contribution in [0.2, 0.25) is 0 Å². The zero-order valence-corrected chi connectivity index (χ0v) is 11.5. The summed E-state index contributed by atoms with van der Waals surface area (Å²) >= 11 is 0. The third-order valence-corrected chi connectivity index (χ3v) is 4.70. The van der Waals surface area contributed by atoms with Crippen LogP contribution in [0.15, 0.2) is 11.1 Å². The van der Waals surface area contributed by atoms with Crippen LogP contribution in [0.25, 0.3) is 0 Å². The predicted octanol–water partition coefficient (Wildman–Crippen LogP) is 0.669. The highest BCUT2D eigenvalue weighted by Gasteiger charge is 2.23. The number of rotatable bonds is 5. The van der Waals surface area contributed by atoms with Crippen molar-refractivity contribution in [3.8, 4) is 0 Å². The van der Waals surface area contributed by atoms with Crippen molar-refractivity contribution in [3.63, 3.8) is 0 Å². The fourth-order valence-corrected chi connectivity index (χ4v) is 3.34. The smallest absolute Gasteiger partial charge is 0.244 e. The standard InChI is InChI=1S/C11H19N3O3S/c1-3-14-9(2)11(8-12-14)18(15,16)13-7-10-5-4-6-17-10/h8,10,13H,3-7H2,1-2H3. The maximum atomic E-state index is 12.1. The number of nitrogens with zero attached hydrogens (tertiary/aromatic N) is 2. The summed E-state index contributed by atoms with van der Waals surface area (Å²) < 4.78 is 33.9. The summed E-state index contributed by atoms with van der Waals surface area (Å²) in [5.41, 5.74) is 0.664. The minimum Gasteiger partial charge on any atom is -0.377 e. The van der Waals surface area contributed by atoms with Gasteiger partial charge >= 0.3 is 0 Å². The van der Waals surface area contributed by atoms with E-state index >= 15 is 0 Å². The molecule has 0 radical (unpaired) electrons. The Morgan fingerprint density at radius 3 is 2.94 bits per heavy atom. The molecule has 7 heteroatoms. The van der Waals surface area contributed by atoms with Gasteiger partial charge in [0.15, 0.2) is 0 Å². The van der Waals surface area contributed by atoms with Gasteiger partial charge in [0.05, 0.1) is 18.0 Å². The van der Waals surface area contributed by atoms with Gasteiger partial charge in [0.1, 0.15) is 4.90 Å². The fraction of sp³-hybridized carbons (Fsp3) is 0.727. The van der Waals surface area contributed by atoms with E-state index < -0.39 is 10.0 Å². The van der Waals surface area contributed by atoms with Gasteiger partial charge in [-0.1, -0.05) is 0 Å². The summed E-state index contributed by atoms with van der Waals surface area (Å²) in [4.78, 5) is 0.252. The molecule has 1 unspecified atom stereocenters. The minimum absolute atomic E-state index is 0.00120. The molecular formula is C11H19N3O3S. The van der Waals surface area contributed by atoms with Crippen molar-refractivity contribution in [3.05, 3.63) is 11.9 Å². The van der Waals surface area contributed by atoms with E-state index in [0.717, 1.165) is 19.4 Å². The molecule has 0 saturated carbocycles. The average Bonchev–Trinajstić information content (AvgIpc) is 2.95. The normalized spacial score (nSPS) is 20.4. The Morgan fingerprint density at radius 2 is 2.39 bits per heavy atom. The van der Waals surface area contributed by atoms with Crippen LogP contribution in [0.3, 0.4) is 0 Å². The average molecular weight is 273 g/mol. The summed E-state index contributed by atoms with van der Waals surface area (Å²) in [5, 5.41) is 4.05. The number of sulfonamides is 1. The molecular weight excluding hydrogens is 254 g/mol. The van der Waals surface area contributed by atoms with Crippen molar-refractivity contribution in [2.24, 2.45) is 0 Å². The second-order valence-corrected chi connectivity index (χ2v) is 6.13. The van der Waals surface area contributed by atoms with Crippen LogP contribution in [0.5, 0.6) is 0 Å². The summed E-state index contributed by atoms with van der Waals surface area (Å²) in [6.07, 6.45) is 3.31. The molecule has 1 aliphatic rings. The van der Waals surface area contributed by atoms with Gasteiger partial charge in [0.2, 0.25) is 10.0 Å². The first-order valence-electron chi connectivity index (χ1n) is 6.18. The summed E-state index contributed by atoms with van der Waals surface area (Å²) in [6.45, 7) is 5.40. The second kappa shape index (κ2) is 5.38. The molecule has 1 aromatic heterocycles. The number of ether oxygens (including phenoxy) is 1. The van der Waals surface area contributed by atoms with Crippen molar-refractivity contribution in [1.29, 1.82) is 0 Å². The number of nitrogens with one attached hydrogen (secondary N) is 1. The Labute approximate surface area is 107 Å². The third kappa shape index (κ3) is 2.73. The zero-order chi connectivity index (χ0) is 13.2. The van der Waals surface area contributed by atoms with Gasteiger partial charge in [-0.2, -0.15) is 5.10 Å². The molecule has 0 bridgehead atoms. The first kappa shape index (κ1) is 13.5. The van der Waals surface area contributed by atoms with Crippen molar-refractivity contribution >= 4 is 10.0 Å². The number of hydrogen-bond acceptors (Lipinski definition) is 4. The first-order valence-corrected chi connectivity index (χ1v) is 7.66. The van der Waals surface area contributed by atoms with E-state index in [4.69, 9.17) is 4.74 Å². The second-order valence-electron chi connectivity index (χ2n) is 4.40. The van der Waals surface area contributed by atoms with Gasteiger partial charge in [0, 0.05) is 19.7 Å². The van der Waals surface area contributed by atoms with Crippen molar-refractivity contribution < 1.29 is 13.2 Å². The van der Waals surface area contributed by atoms with E-state index in [1.54, 1.807) is 11.6 Å². The van der Waals surface area contributed by atoms with Gasteiger partial charge in [-0.05, 0) is 26.7 Å². The van der Waals surface area contributed by atoms with Crippen LogP contribution < -0.4 is 4.72 Å². The Hall–Kier alpha value is -0.920. The SMILES string of the molecule is CCn1ncc(S(=O)(=O)NCC2CCCO2)c1C. The lowest BCUT2D eigenvalue weighted by molar-refractivity contribution is 0.114. The van der Waals surface area contributed by atoms with Crippen LogP contribution in [0.4, 0.5) is 0 Å². The summed E-state index contributed by atoms with van der Waals surface area (Å²) in [7, 11) is -3.48. The van der Waals surface area contributed by atoms with Crippen LogP contribution in [-0.2, 0) is 21.3 Å². The maximum Gasteiger partial charge on any atom is 0.244 e.